The number of nitriles is 1. The normalized spacial score (nSPS) is 10.8. The first kappa shape index (κ1) is 24.7. The van der Waals surface area contributed by atoms with Gasteiger partial charge in [-0.1, -0.05) is 18.2 Å². The number of carbonyl (C=O) groups excluding carboxylic acids is 1. The average Bonchev–Trinajstić information content (AvgIpc) is 2.83. The molecule has 0 aliphatic heterocycles. The number of nitro groups is 1. The highest BCUT2D eigenvalue weighted by atomic mass is 127. The molecule has 0 saturated carbocycles. The number of anilines is 1. The number of nitrogens with zero attached hydrogens (tertiary/aromatic N) is 2. The summed E-state index contributed by atoms with van der Waals surface area (Å²) in [5.41, 5.74) is 2.83. The maximum Gasteiger partial charge on any atom is 0.269 e. The van der Waals surface area contributed by atoms with E-state index >= 15 is 0 Å². The number of hydrogen-bond donors (Lipinski definition) is 1. The van der Waals surface area contributed by atoms with E-state index in [2.05, 4.69) is 27.9 Å². The smallest absolute Gasteiger partial charge is 0.269 e. The second-order valence-corrected chi connectivity index (χ2v) is 8.35. The first-order chi connectivity index (χ1) is 16.3. The lowest BCUT2D eigenvalue weighted by Gasteiger charge is -2.14. The highest BCUT2D eigenvalue weighted by Gasteiger charge is 2.15. The fourth-order valence-corrected chi connectivity index (χ4v) is 3.83. The Kier molecular flexibility index (Phi) is 8.21. The molecule has 9 heteroatoms. The minimum Gasteiger partial charge on any atom is -0.493 e. The van der Waals surface area contributed by atoms with Crippen molar-refractivity contribution in [1.82, 2.24) is 0 Å². The Morgan fingerprint density at radius 2 is 1.91 bits per heavy atom. The van der Waals surface area contributed by atoms with Crippen molar-refractivity contribution >= 4 is 45.9 Å². The van der Waals surface area contributed by atoms with Crippen molar-refractivity contribution in [3.05, 3.63) is 96.6 Å². The lowest BCUT2D eigenvalue weighted by atomic mass is 10.1. The van der Waals surface area contributed by atoms with Gasteiger partial charge in [0.15, 0.2) is 11.5 Å². The Hall–Kier alpha value is -3.91. The van der Waals surface area contributed by atoms with Crippen molar-refractivity contribution in [3.63, 3.8) is 0 Å². The molecule has 0 aromatic heterocycles. The number of benzene rings is 3. The lowest BCUT2D eigenvalue weighted by molar-refractivity contribution is -0.384. The number of carbonyl (C=O) groups is 1. The molecular weight excluding hydrogens is 549 g/mol. The van der Waals surface area contributed by atoms with E-state index < -0.39 is 10.8 Å². The number of nitro benzene ring substituents is 1. The SMILES string of the molecule is COc1cc(/C=C(/C#N)C(=O)Nc2ccccc2C)cc(I)c1OCc1ccc([N+](=O)[O-])cc1. The summed E-state index contributed by atoms with van der Waals surface area (Å²) in [6.07, 6.45) is 1.48. The van der Waals surface area contributed by atoms with Gasteiger partial charge in [-0.3, -0.25) is 14.9 Å². The van der Waals surface area contributed by atoms with Crippen LogP contribution in [0.25, 0.3) is 6.08 Å². The molecule has 0 fully saturated rings. The predicted octanol–water partition coefficient (Wildman–Crippen LogP) is 5.64. The van der Waals surface area contributed by atoms with Gasteiger partial charge in [0, 0.05) is 17.8 Å². The maximum atomic E-state index is 12.6. The van der Waals surface area contributed by atoms with Crippen molar-refractivity contribution < 1.29 is 19.2 Å². The van der Waals surface area contributed by atoms with Gasteiger partial charge in [-0.05, 0) is 82.6 Å². The Labute approximate surface area is 210 Å². The third-order valence-electron chi connectivity index (χ3n) is 4.85. The van der Waals surface area contributed by atoms with Crippen LogP contribution >= 0.6 is 22.6 Å². The minimum absolute atomic E-state index is 0.00631. The molecular formula is C25H20IN3O5. The average molecular weight is 569 g/mol. The molecule has 3 aromatic carbocycles. The van der Waals surface area contributed by atoms with Crippen LogP contribution in [0, 0.1) is 31.9 Å². The predicted molar refractivity (Wildman–Crippen MR) is 137 cm³/mol. The Morgan fingerprint density at radius 1 is 1.21 bits per heavy atom. The van der Waals surface area contributed by atoms with Crippen molar-refractivity contribution in [1.29, 1.82) is 5.26 Å². The number of methoxy groups -OCH3 is 1. The molecule has 0 radical (unpaired) electrons. The summed E-state index contributed by atoms with van der Waals surface area (Å²) in [5, 5.41) is 23.1. The van der Waals surface area contributed by atoms with Crippen LogP contribution in [0.3, 0.4) is 0 Å². The van der Waals surface area contributed by atoms with Crippen LogP contribution < -0.4 is 14.8 Å². The van der Waals surface area contributed by atoms with Gasteiger partial charge in [0.05, 0.1) is 15.6 Å². The van der Waals surface area contributed by atoms with Crippen LogP contribution in [0.5, 0.6) is 11.5 Å². The molecule has 3 aromatic rings. The summed E-state index contributed by atoms with van der Waals surface area (Å²) >= 11 is 2.08. The molecule has 34 heavy (non-hydrogen) atoms. The molecule has 0 heterocycles. The minimum atomic E-state index is -0.510. The van der Waals surface area contributed by atoms with Crippen LogP contribution in [0.2, 0.25) is 0 Å². The van der Waals surface area contributed by atoms with Crippen molar-refractivity contribution in [2.75, 3.05) is 12.4 Å². The van der Waals surface area contributed by atoms with E-state index in [9.17, 15) is 20.2 Å². The number of rotatable bonds is 8. The van der Waals surface area contributed by atoms with Gasteiger partial charge >= 0.3 is 0 Å². The molecule has 0 spiro atoms. The molecule has 0 bridgehead atoms. The summed E-state index contributed by atoms with van der Waals surface area (Å²) in [6.45, 7) is 2.05. The van der Waals surface area contributed by atoms with Crippen LogP contribution in [0.1, 0.15) is 16.7 Å². The van der Waals surface area contributed by atoms with Crippen molar-refractivity contribution in [2.45, 2.75) is 13.5 Å². The molecule has 0 saturated heterocycles. The van der Waals surface area contributed by atoms with Crippen LogP contribution in [0.4, 0.5) is 11.4 Å². The van der Waals surface area contributed by atoms with E-state index in [1.807, 2.05) is 25.1 Å². The van der Waals surface area contributed by atoms with E-state index in [0.29, 0.717) is 26.3 Å². The zero-order chi connectivity index (χ0) is 24.7. The molecule has 3 rings (SSSR count). The topological polar surface area (TPSA) is 114 Å². The molecule has 0 aliphatic rings. The van der Waals surface area contributed by atoms with Gasteiger partial charge in [-0.2, -0.15) is 5.26 Å². The highest BCUT2D eigenvalue weighted by molar-refractivity contribution is 14.1. The molecule has 172 valence electrons. The zero-order valence-electron chi connectivity index (χ0n) is 18.4. The van der Waals surface area contributed by atoms with Gasteiger partial charge in [-0.15, -0.1) is 0 Å². The maximum absolute atomic E-state index is 12.6. The highest BCUT2D eigenvalue weighted by Crippen LogP contribution is 2.35. The first-order valence-electron chi connectivity index (χ1n) is 10.0. The molecule has 0 aliphatic carbocycles. The van der Waals surface area contributed by atoms with Gasteiger partial charge in [0.25, 0.3) is 11.6 Å². The first-order valence-corrected chi connectivity index (χ1v) is 11.1. The van der Waals surface area contributed by atoms with Crippen LogP contribution in [-0.2, 0) is 11.4 Å². The number of ether oxygens (including phenoxy) is 2. The van der Waals surface area contributed by atoms with Crippen molar-refractivity contribution in [2.24, 2.45) is 0 Å². The van der Waals surface area contributed by atoms with E-state index in [4.69, 9.17) is 9.47 Å². The standard InChI is InChI=1S/C25H20IN3O5/c1-16-5-3-4-6-22(16)28-25(30)19(14-27)11-18-12-21(26)24(23(13-18)33-2)34-15-17-7-9-20(10-8-17)29(31)32/h3-13H,15H2,1-2H3,(H,28,30)/b19-11-. The fourth-order valence-electron chi connectivity index (χ4n) is 3.05. The lowest BCUT2D eigenvalue weighted by Crippen LogP contribution is -2.14. The summed E-state index contributed by atoms with van der Waals surface area (Å²) in [4.78, 5) is 23.0. The molecule has 0 unspecified atom stereocenters. The second-order valence-electron chi connectivity index (χ2n) is 7.19. The van der Waals surface area contributed by atoms with Crippen LogP contribution in [-0.4, -0.2) is 17.9 Å². The van der Waals surface area contributed by atoms with E-state index in [0.717, 1.165) is 11.1 Å². The number of amides is 1. The number of non-ortho nitro benzene ring substituents is 1. The van der Waals surface area contributed by atoms with Gasteiger partial charge in [0.2, 0.25) is 0 Å². The van der Waals surface area contributed by atoms with Crippen LogP contribution in [0.15, 0.2) is 66.2 Å². The Morgan fingerprint density at radius 3 is 2.53 bits per heavy atom. The second kappa shape index (κ2) is 11.3. The molecule has 0 atom stereocenters. The number of para-hydroxylation sites is 1. The van der Waals surface area contributed by atoms with Crippen molar-refractivity contribution in [3.8, 4) is 17.6 Å². The van der Waals surface area contributed by atoms with E-state index in [-0.39, 0.29) is 17.9 Å². The van der Waals surface area contributed by atoms with Gasteiger partial charge in [0.1, 0.15) is 18.2 Å². The Balaban J connectivity index is 1.80. The number of halogens is 1. The van der Waals surface area contributed by atoms with E-state index in [1.54, 1.807) is 36.4 Å². The number of aryl methyl sites for hydroxylation is 1. The third kappa shape index (κ3) is 6.11. The third-order valence-corrected chi connectivity index (χ3v) is 5.65. The largest absolute Gasteiger partial charge is 0.493 e. The van der Waals surface area contributed by atoms with Gasteiger partial charge in [-0.25, -0.2) is 0 Å². The van der Waals surface area contributed by atoms with E-state index in [1.165, 1.54) is 25.3 Å². The Bertz CT molecular complexity index is 1300. The van der Waals surface area contributed by atoms with Gasteiger partial charge < -0.3 is 14.8 Å². The molecule has 1 amide bonds. The summed E-state index contributed by atoms with van der Waals surface area (Å²) in [6, 6.07) is 18.8. The number of nitrogens with one attached hydrogen (secondary N) is 1. The zero-order valence-corrected chi connectivity index (χ0v) is 20.5. The summed E-state index contributed by atoms with van der Waals surface area (Å²) in [5.74, 6) is 0.405. The molecule has 1 N–H and O–H groups in total. The quantitative estimate of drug-likeness (QED) is 0.124. The summed E-state index contributed by atoms with van der Waals surface area (Å²) in [7, 11) is 1.49. The fraction of sp³-hybridized carbons (Fsp3) is 0.120. The summed E-state index contributed by atoms with van der Waals surface area (Å²) < 4.78 is 12.1. The molecule has 8 nitrogen and oxygen atoms in total. The monoisotopic (exact) mass is 569 g/mol. The number of hydrogen-bond acceptors (Lipinski definition) is 6.